The minimum atomic E-state index is -2.95. The second kappa shape index (κ2) is 10.2. The molecule has 1 aliphatic rings. The molecule has 2 unspecified atom stereocenters. The van der Waals surface area contributed by atoms with Gasteiger partial charge in [-0.1, -0.05) is 0 Å². The van der Waals surface area contributed by atoms with Gasteiger partial charge in [0, 0.05) is 6.42 Å². The molecule has 10 N–H and O–H groups in total. The average Bonchev–Trinajstić information content (AvgIpc) is 2.65. The zero-order chi connectivity index (χ0) is 22.5. The van der Waals surface area contributed by atoms with Crippen LogP contribution < -0.4 is 10.6 Å². The quantitative estimate of drug-likeness (QED) is 0.165. The van der Waals surface area contributed by atoms with Gasteiger partial charge in [0.1, 0.15) is 6.10 Å². The van der Waals surface area contributed by atoms with Crippen molar-refractivity contribution < 1.29 is 60.0 Å². The van der Waals surface area contributed by atoms with Gasteiger partial charge in [0.05, 0.1) is 37.5 Å². The van der Waals surface area contributed by atoms with E-state index in [1.54, 1.807) is 0 Å². The van der Waals surface area contributed by atoms with Gasteiger partial charge in [-0.25, -0.2) is 4.79 Å². The molecule has 1 aliphatic heterocycles. The molecular weight excluding hydrogens is 400 g/mol. The lowest BCUT2D eigenvalue weighted by atomic mass is 9.87. The number of carbonyl (C=O) groups excluding carboxylic acids is 2. The smallest absolute Gasteiger partial charge is 0.364 e. The van der Waals surface area contributed by atoms with Gasteiger partial charge in [-0.3, -0.25) is 9.59 Å². The fourth-order valence-corrected chi connectivity index (χ4v) is 2.75. The van der Waals surface area contributed by atoms with Crippen LogP contribution in [0.25, 0.3) is 0 Å². The van der Waals surface area contributed by atoms with Crippen molar-refractivity contribution in [3.05, 3.63) is 0 Å². The highest BCUT2D eigenvalue weighted by molar-refractivity contribution is 5.82. The Bertz CT molecular complexity index is 576. The van der Waals surface area contributed by atoms with Crippen molar-refractivity contribution in [2.24, 2.45) is 0 Å². The van der Waals surface area contributed by atoms with Gasteiger partial charge < -0.3 is 56.2 Å². The van der Waals surface area contributed by atoms with Gasteiger partial charge in [0.2, 0.25) is 0 Å². The third-order valence-corrected chi connectivity index (χ3v) is 4.36. The second-order valence-electron chi connectivity index (χ2n) is 6.65. The van der Waals surface area contributed by atoms with Crippen LogP contribution in [0.15, 0.2) is 0 Å². The van der Waals surface area contributed by atoms with E-state index in [2.05, 4.69) is 10.6 Å². The molecule has 1 saturated heterocycles. The highest BCUT2D eigenvalue weighted by Crippen LogP contribution is 2.30. The monoisotopic (exact) mass is 426 g/mol. The maximum absolute atomic E-state index is 11.9. The van der Waals surface area contributed by atoms with E-state index in [1.807, 2.05) is 0 Å². The highest BCUT2D eigenvalue weighted by Gasteiger charge is 2.54. The van der Waals surface area contributed by atoms with Gasteiger partial charge >= 0.3 is 5.97 Å². The summed E-state index contributed by atoms with van der Waals surface area (Å²) in [6.45, 7) is -0.825. The Morgan fingerprint density at radius 2 is 1.62 bits per heavy atom. The third-order valence-electron chi connectivity index (χ3n) is 4.36. The van der Waals surface area contributed by atoms with Crippen LogP contribution in [0, 0.1) is 0 Å². The molecule has 0 aromatic rings. The molecule has 0 radical (unpaired) electrons. The number of hydrogen-bond acceptors (Lipinski definition) is 11. The molecule has 0 aliphatic carbocycles. The zero-order valence-corrected chi connectivity index (χ0v) is 15.4. The minimum absolute atomic E-state index is 0.918. The molecule has 0 saturated carbocycles. The van der Waals surface area contributed by atoms with Crippen LogP contribution in [0.3, 0.4) is 0 Å². The van der Waals surface area contributed by atoms with Crippen molar-refractivity contribution in [3.8, 4) is 0 Å². The van der Waals surface area contributed by atoms with Gasteiger partial charge in [-0.2, -0.15) is 0 Å². The van der Waals surface area contributed by atoms with Crippen molar-refractivity contribution in [2.45, 2.75) is 61.7 Å². The number of carboxylic acids is 1. The highest BCUT2D eigenvalue weighted by atomic mass is 16.7. The Hall–Kier alpha value is -1.91. The molecule has 1 fully saturated rings. The first-order valence-corrected chi connectivity index (χ1v) is 8.56. The van der Waals surface area contributed by atoms with Crippen LogP contribution >= 0.6 is 0 Å². The molecule has 1 heterocycles. The zero-order valence-electron chi connectivity index (χ0n) is 15.4. The molecular formula is C15H26N2O12. The Morgan fingerprint density at radius 1 is 1.10 bits per heavy atom. The average molecular weight is 426 g/mol. The van der Waals surface area contributed by atoms with Crippen molar-refractivity contribution in [1.82, 2.24) is 10.6 Å². The molecule has 14 heteroatoms. The Morgan fingerprint density at radius 3 is 2.07 bits per heavy atom. The summed E-state index contributed by atoms with van der Waals surface area (Å²) in [4.78, 5) is 35.2. The SMILES string of the molecule is C[C@H](O)[C@H](NC(=O)C(O)CO)[C@@H]1O[C@](O)(C(=O)O)C[C@H](O)[C@@H]1NC(=O)C(O)CO. The first-order chi connectivity index (χ1) is 13.4. The van der Waals surface area contributed by atoms with E-state index in [0.717, 1.165) is 6.92 Å². The third kappa shape index (κ3) is 6.03. The summed E-state index contributed by atoms with van der Waals surface area (Å²) in [7, 11) is 0. The number of amides is 2. The van der Waals surface area contributed by atoms with E-state index in [1.165, 1.54) is 0 Å². The molecule has 0 bridgehead atoms. The topological polar surface area (TPSA) is 246 Å². The number of rotatable bonds is 9. The molecule has 168 valence electrons. The van der Waals surface area contributed by atoms with Crippen LogP contribution in [0.5, 0.6) is 0 Å². The molecule has 0 aromatic carbocycles. The Balaban J connectivity index is 3.27. The van der Waals surface area contributed by atoms with Gasteiger partial charge in [-0.05, 0) is 6.92 Å². The van der Waals surface area contributed by atoms with Crippen LogP contribution in [0.4, 0.5) is 0 Å². The maximum atomic E-state index is 11.9. The summed E-state index contributed by atoms with van der Waals surface area (Å²) in [5.41, 5.74) is 0. The second-order valence-corrected chi connectivity index (χ2v) is 6.65. The predicted octanol–water partition coefficient (Wildman–Crippen LogP) is -6.03. The van der Waals surface area contributed by atoms with E-state index < -0.39 is 85.8 Å². The molecule has 2 amide bonds. The van der Waals surface area contributed by atoms with Crippen LogP contribution in [0.1, 0.15) is 13.3 Å². The van der Waals surface area contributed by atoms with Crippen LogP contribution in [-0.2, 0) is 19.1 Å². The predicted molar refractivity (Wildman–Crippen MR) is 89.8 cm³/mol. The summed E-state index contributed by atoms with van der Waals surface area (Å²) < 4.78 is 5.09. The number of ether oxygens (including phenoxy) is 1. The number of nitrogens with one attached hydrogen (secondary N) is 2. The first-order valence-electron chi connectivity index (χ1n) is 8.56. The number of carboxylic acid groups (broad SMARTS) is 1. The maximum Gasteiger partial charge on any atom is 0.364 e. The van der Waals surface area contributed by atoms with E-state index in [9.17, 15) is 45.0 Å². The molecule has 29 heavy (non-hydrogen) atoms. The van der Waals surface area contributed by atoms with Crippen molar-refractivity contribution >= 4 is 17.8 Å². The number of aliphatic carboxylic acids is 1. The number of aliphatic hydroxyl groups excluding tert-OH is 6. The fraction of sp³-hybridized carbons (Fsp3) is 0.800. The normalized spacial score (nSPS) is 31.2. The van der Waals surface area contributed by atoms with Gasteiger partial charge in [0.15, 0.2) is 12.2 Å². The summed E-state index contributed by atoms with van der Waals surface area (Å²) in [6, 6.07) is -3.16. The Labute approximate surface area is 164 Å². The van der Waals surface area contributed by atoms with Crippen LogP contribution in [-0.4, -0.2) is 120 Å². The Kier molecular flexibility index (Phi) is 8.85. The fourth-order valence-electron chi connectivity index (χ4n) is 2.75. The molecule has 8 atom stereocenters. The van der Waals surface area contributed by atoms with Crippen molar-refractivity contribution in [3.63, 3.8) is 0 Å². The van der Waals surface area contributed by atoms with Gasteiger partial charge in [-0.15, -0.1) is 0 Å². The first kappa shape index (κ1) is 25.1. The standard InChI is InChI=1S/C15H26N2O12/c1-5(20)9(16-12(24)7(22)3-18)11-10(17-13(25)8(23)4-19)6(21)2-15(28,29-11)14(26)27/h5-11,18-23,28H,2-4H2,1H3,(H,16,24)(H,17,25)(H,26,27)/t5-,6-,7?,8?,9-,10-,11-,15-/m0/s1. The number of aliphatic hydroxyl groups is 7. The van der Waals surface area contributed by atoms with Crippen molar-refractivity contribution in [1.29, 1.82) is 0 Å². The van der Waals surface area contributed by atoms with E-state index in [-0.39, 0.29) is 0 Å². The lowest BCUT2D eigenvalue weighted by Crippen LogP contribution is -2.70. The van der Waals surface area contributed by atoms with E-state index in [4.69, 9.17) is 14.9 Å². The van der Waals surface area contributed by atoms with Crippen LogP contribution in [0.2, 0.25) is 0 Å². The minimum Gasteiger partial charge on any atom is -0.477 e. The number of hydrogen-bond donors (Lipinski definition) is 10. The van der Waals surface area contributed by atoms with E-state index >= 15 is 0 Å². The lowest BCUT2D eigenvalue weighted by Gasteiger charge is -2.46. The van der Waals surface area contributed by atoms with Crippen molar-refractivity contribution in [2.75, 3.05) is 13.2 Å². The molecule has 0 aromatic heterocycles. The lowest BCUT2D eigenvalue weighted by molar-refractivity contribution is -0.283. The summed E-state index contributed by atoms with van der Waals surface area (Å²) >= 11 is 0. The summed E-state index contributed by atoms with van der Waals surface area (Å²) in [6.07, 6.45) is -9.82. The number of carbonyl (C=O) groups is 3. The van der Waals surface area contributed by atoms with Gasteiger partial charge in [0.25, 0.3) is 17.6 Å². The molecule has 14 nitrogen and oxygen atoms in total. The summed E-state index contributed by atoms with van der Waals surface area (Å²) in [5, 5.41) is 80.4. The van der Waals surface area contributed by atoms with E-state index in [0.29, 0.717) is 0 Å². The molecule has 1 rings (SSSR count). The summed E-state index contributed by atoms with van der Waals surface area (Å²) in [5.74, 6) is -7.22. The largest absolute Gasteiger partial charge is 0.477 e. The molecule has 0 spiro atoms.